The highest BCUT2D eigenvalue weighted by Crippen LogP contribution is 2.27. The van der Waals surface area contributed by atoms with Crippen LogP contribution < -0.4 is 5.32 Å². The van der Waals surface area contributed by atoms with Crippen molar-refractivity contribution < 1.29 is 14.6 Å². The van der Waals surface area contributed by atoms with E-state index in [1.165, 1.54) is 12.8 Å². The number of hydrogen-bond acceptors (Lipinski definition) is 4. The van der Waals surface area contributed by atoms with Crippen molar-refractivity contribution in [1.82, 2.24) is 10.2 Å². The van der Waals surface area contributed by atoms with Gasteiger partial charge in [0.05, 0.1) is 6.61 Å². The van der Waals surface area contributed by atoms with E-state index in [0.29, 0.717) is 18.9 Å². The third-order valence-corrected chi connectivity index (χ3v) is 4.19. The molecule has 112 valence electrons. The molecule has 19 heavy (non-hydrogen) atoms. The monoisotopic (exact) mass is 272 g/mol. The van der Waals surface area contributed by atoms with Crippen molar-refractivity contribution >= 4 is 5.97 Å². The first-order chi connectivity index (χ1) is 9.09. The van der Waals surface area contributed by atoms with Gasteiger partial charge in [-0.3, -0.25) is 9.69 Å². The van der Waals surface area contributed by atoms with E-state index in [1.54, 1.807) is 14.2 Å². The van der Waals surface area contributed by atoms with Gasteiger partial charge in [-0.2, -0.15) is 0 Å². The summed E-state index contributed by atoms with van der Waals surface area (Å²) in [6.45, 7) is 4.59. The fraction of sp³-hybridized carbons (Fsp3) is 0.929. The minimum Gasteiger partial charge on any atom is -0.480 e. The summed E-state index contributed by atoms with van der Waals surface area (Å²) >= 11 is 0. The van der Waals surface area contributed by atoms with Gasteiger partial charge in [0, 0.05) is 19.7 Å². The molecule has 0 aromatic carbocycles. The van der Waals surface area contributed by atoms with Gasteiger partial charge in [0.15, 0.2) is 0 Å². The van der Waals surface area contributed by atoms with E-state index in [1.807, 2.05) is 6.92 Å². The number of rotatable bonds is 11. The van der Waals surface area contributed by atoms with Crippen LogP contribution in [0.5, 0.6) is 0 Å². The zero-order valence-electron chi connectivity index (χ0n) is 12.4. The molecular weight excluding hydrogens is 244 g/mol. The Morgan fingerprint density at radius 3 is 2.58 bits per heavy atom. The summed E-state index contributed by atoms with van der Waals surface area (Å²) in [5.74, 6) is -0.743. The smallest absolute Gasteiger partial charge is 0.323 e. The second kappa shape index (κ2) is 7.82. The van der Waals surface area contributed by atoms with Gasteiger partial charge >= 0.3 is 5.97 Å². The summed E-state index contributed by atoms with van der Waals surface area (Å²) in [4.78, 5) is 13.8. The highest BCUT2D eigenvalue weighted by Gasteiger charge is 2.35. The SMILES string of the molecule is CCC(CCCN(CCOC)C1CC1)(NC)C(=O)O. The molecular formula is C14H28N2O3. The van der Waals surface area contributed by atoms with Crippen molar-refractivity contribution in [3.8, 4) is 0 Å². The highest BCUT2D eigenvalue weighted by molar-refractivity contribution is 5.78. The molecule has 1 atom stereocenters. The van der Waals surface area contributed by atoms with Crippen LogP contribution in [0.15, 0.2) is 0 Å². The van der Waals surface area contributed by atoms with E-state index in [0.717, 1.165) is 26.1 Å². The lowest BCUT2D eigenvalue weighted by Gasteiger charge is -2.29. The van der Waals surface area contributed by atoms with Crippen molar-refractivity contribution in [3.05, 3.63) is 0 Å². The molecule has 0 bridgehead atoms. The van der Waals surface area contributed by atoms with Crippen LogP contribution >= 0.6 is 0 Å². The molecule has 1 rings (SSSR count). The Morgan fingerprint density at radius 2 is 2.16 bits per heavy atom. The van der Waals surface area contributed by atoms with Crippen LogP contribution in [-0.2, 0) is 9.53 Å². The van der Waals surface area contributed by atoms with Gasteiger partial charge in [-0.05, 0) is 45.7 Å². The summed E-state index contributed by atoms with van der Waals surface area (Å²) < 4.78 is 5.13. The summed E-state index contributed by atoms with van der Waals surface area (Å²) in [7, 11) is 3.46. The van der Waals surface area contributed by atoms with Crippen molar-refractivity contribution in [2.75, 3.05) is 33.9 Å². The summed E-state index contributed by atoms with van der Waals surface area (Å²) in [5, 5.41) is 12.3. The van der Waals surface area contributed by atoms with Crippen molar-refractivity contribution in [2.24, 2.45) is 0 Å². The van der Waals surface area contributed by atoms with Crippen LogP contribution in [0, 0.1) is 0 Å². The lowest BCUT2D eigenvalue weighted by atomic mass is 9.90. The van der Waals surface area contributed by atoms with E-state index >= 15 is 0 Å². The molecule has 1 aliphatic carbocycles. The first-order valence-corrected chi connectivity index (χ1v) is 7.25. The molecule has 0 aromatic rings. The Hall–Kier alpha value is -0.650. The number of methoxy groups -OCH3 is 1. The third kappa shape index (κ3) is 4.75. The topological polar surface area (TPSA) is 61.8 Å². The summed E-state index contributed by atoms with van der Waals surface area (Å²) in [6.07, 6.45) is 4.73. The van der Waals surface area contributed by atoms with Crippen LogP contribution in [0.25, 0.3) is 0 Å². The molecule has 5 heteroatoms. The zero-order valence-corrected chi connectivity index (χ0v) is 12.4. The molecule has 0 aliphatic heterocycles. The van der Waals surface area contributed by atoms with E-state index in [-0.39, 0.29) is 0 Å². The molecule has 0 radical (unpaired) electrons. The lowest BCUT2D eigenvalue weighted by molar-refractivity contribution is -0.145. The normalized spacial score (nSPS) is 18.5. The minimum atomic E-state index is -0.767. The maximum atomic E-state index is 11.4. The van der Waals surface area contributed by atoms with Crippen LogP contribution in [0.4, 0.5) is 0 Å². The van der Waals surface area contributed by atoms with Gasteiger partial charge < -0.3 is 15.2 Å². The second-order valence-electron chi connectivity index (χ2n) is 5.35. The number of aliphatic carboxylic acids is 1. The Bertz CT molecular complexity index is 276. The first kappa shape index (κ1) is 16.4. The second-order valence-corrected chi connectivity index (χ2v) is 5.35. The maximum Gasteiger partial charge on any atom is 0.323 e. The minimum absolute atomic E-state index is 0.611. The lowest BCUT2D eigenvalue weighted by Crippen LogP contribution is -2.50. The molecule has 0 spiro atoms. The number of carbonyl (C=O) groups is 1. The Labute approximate surface area is 116 Å². The van der Waals surface area contributed by atoms with Gasteiger partial charge in [-0.1, -0.05) is 6.92 Å². The molecule has 1 saturated carbocycles. The molecule has 1 fully saturated rings. The van der Waals surface area contributed by atoms with E-state index in [9.17, 15) is 9.90 Å². The maximum absolute atomic E-state index is 11.4. The number of nitrogens with zero attached hydrogens (tertiary/aromatic N) is 1. The summed E-state index contributed by atoms with van der Waals surface area (Å²) in [6, 6.07) is 0.700. The fourth-order valence-electron chi connectivity index (χ4n) is 2.55. The van der Waals surface area contributed by atoms with Gasteiger partial charge in [0.1, 0.15) is 5.54 Å². The van der Waals surface area contributed by atoms with E-state index in [4.69, 9.17) is 4.74 Å². The number of carboxylic acids is 1. The molecule has 0 amide bonds. The average molecular weight is 272 g/mol. The third-order valence-electron chi connectivity index (χ3n) is 4.19. The predicted octanol–water partition coefficient (Wildman–Crippen LogP) is 1.33. The fourth-order valence-corrected chi connectivity index (χ4v) is 2.55. The summed E-state index contributed by atoms with van der Waals surface area (Å²) in [5.41, 5.74) is -0.767. The highest BCUT2D eigenvalue weighted by atomic mass is 16.5. The molecule has 5 nitrogen and oxygen atoms in total. The zero-order chi connectivity index (χ0) is 14.3. The number of nitrogens with one attached hydrogen (secondary N) is 1. The molecule has 0 saturated heterocycles. The molecule has 0 aromatic heterocycles. The largest absolute Gasteiger partial charge is 0.480 e. The van der Waals surface area contributed by atoms with E-state index in [2.05, 4.69) is 10.2 Å². The van der Waals surface area contributed by atoms with Gasteiger partial charge in [-0.25, -0.2) is 0 Å². The van der Waals surface area contributed by atoms with Crippen LogP contribution in [-0.4, -0.2) is 61.4 Å². The number of hydrogen-bond donors (Lipinski definition) is 2. The predicted molar refractivity (Wildman–Crippen MR) is 75.4 cm³/mol. The Kier molecular flexibility index (Phi) is 6.75. The van der Waals surface area contributed by atoms with Crippen molar-refractivity contribution in [3.63, 3.8) is 0 Å². The standard InChI is InChI=1S/C14H28N2O3/c1-4-14(15-2,13(17)18)8-5-9-16(10-11-19-3)12-6-7-12/h12,15H,4-11H2,1-3H3,(H,17,18). The quantitative estimate of drug-likeness (QED) is 0.594. The van der Waals surface area contributed by atoms with E-state index < -0.39 is 11.5 Å². The molecule has 1 aliphatic rings. The molecule has 2 N–H and O–H groups in total. The van der Waals surface area contributed by atoms with Crippen molar-refractivity contribution in [1.29, 1.82) is 0 Å². The number of likely N-dealkylation sites (N-methyl/N-ethyl adjacent to an activating group) is 1. The van der Waals surface area contributed by atoms with Crippen LogP contribution in [0.2, 0.25) is 0 Å². The van der Waals surface area contributed by atoms with Crippen LogP contribution in [0.3, 0.4) is 0 Å². The first-order valence-electron chi connectivity index (χ1n) is 7.25. The number of carboxylic acid groups (broad SMARTS) is 1. The molecule has 1 unspecified atom stereocenters. The van der Waals surface area contributed by atoms with Gasteiger partial charge in [0.2, 0.25) is 0 Å². The number of ether oxygens (including phenoxy) is 1. The Balaban J connectivity index is 2.39. The van der Waals surface area contributed by atoms with Crippen LogP contribution in [0.1, 0.15) is 39.0 Å². The van der Waals surface area contributed by atoms with Gasteiger partial charge in [0.25, 0.3) is 0 Å². The van der Waals surface area contributed by atoms with Gasteiger partial charge in [-0.15, -0.1) is 0 Å². The Morgan fingerprint density at radius 1 is 1.47 bits per heavy atom. The average Bonchev–Trinajstić information content (AvgIpc) is 3.22. The molecule has 0 heterocycles. The van der Waals surface area contributed by atoms with Crippen molar-refractivity contribution in [2.45, 2.75) is 50.6 Å².